The zero-order chi connectivity index (χ0) is 12.5. The molecule has 2 fully saturated rings. The summed E-state index contributed by atoms with van der Waals surface area (Å²) in [5.74, 6) is 0.146. The van der Waals surface area contributed by atoms with Crippen LogP contribution in [-0.4, -0.2) is 36.6 Å². The highest BCUT2D eigenvalue weighted by atomic mass is 16.5. The third-order valence-corrected chi connectivity index (χ3v) is 4.80. The van der Waals surface area contributed by atoms with E-state index in [4.69, 9.17) is 4.74 Å². The Labute approximate surface area is 105 Å². The zero-order valence-electron chi connectivity index (χ0n) is 11.4. The van der Waals surface area contributed by atoms with Crippen molar-refractivity contribution >= 4 is 5.91 Å². The van der Waals surface area contributed by atoms with Gasteiger partial charge in [-0.1, -0.05) is 12.8 Å². The van der Waals surface area contributed by atoms with Crippen LogP contribution in [0.4, 0.5) is 0 Å². The molecule has 1 spiro atoms. The van der Waals surface area contributed by atoms with Crippen LogP contribution in [0.15, 0.2) is 0 Å². The molecule has 98 valence electrons. The molecule has 0 aromatic carbocycles. The molecular formula is C14H25NO2. The fourth-order valence-electron chi connectivity index (χ4n) is 3.28. The molecule has 0 N–H and O–H groups in total. The molecule has 1 aliphatic heterocycles. The lowest BCUT2D eigenvalue weighted by atomic mass is 9.77. The first-order valence-electron chi connectivity index (χ1n) is 6.84. The molecule has 17 heavy (non-hydrogen) atoms. The Balaban J connectivity index is 1.93. The molecule has 1 saturated heterocycles. The standard InChI is InChI=1S/C14H25NO2/c1-13(2,17-3)12(16)15-10-8-14(9-11-15)6-4-5-7-14/h4-11H2,1-3H3. The van der Waals surface area contributed by atoms with Crippen molar-refractivity contribution in [1.82, 2.24) is 4.90 Å². The van der Waals surface area contributed by atoms with E-state index in [9.17, 15) is 4.79 Å². The highest BCUT2D eigenvalue weighted by Gasteiger charge is 2.40. The topological polar surface area (TPSA) is 29.5 Å². The van der Waals surface area contributed by atoms with Gasteiger partial charge in [0.2, 0.25) is 0 Å². The summed E-state index contributed by atoms with van der Waals surface area (Å²) < 4.78 is 5.28. The lowest BCUT2D eigenvalue weighted by Gasteiger charge is -2.41. The Morgan fingerprint density at radius 3 is 2.12 bits per heavy atom. The Bertz CT molecular complexity index is 283. The van der Waals surface area contributed by atoms with Gasteiger partial charge in [0.15, 0.2) is 0 Å². The number of carbonyl (C=O) groups is 1. The zero-order valence-corrected chi connectivity index (χ0v) is 11.4. The number of rotatable bonds is 2. The molecular weight excluding hydrogens is 214 g/mol. The number of ether oxygens (including phenoxy) is 1. The minimum absolute atomic E-state index is 0.146. The van der Waals surface area contributed by atoms with Crippen molar-refractivity contribution in [2.24, 2.45) is 5.41 Å². The summed E-state index contributed by atoms with van der Waals surface area (Å²) in [7, 11) is 1.61. The smallest absolute Gasteiger partial charge is 0.254 e. The largest absolute Gasteiger partial charge is 0.369 e. The van der Waals surface area contributed by atoms with Gasteiger partial charge in [0.05, 0.1) is 0 Å². The third-order valence-electron chi connectivity index (χ3n) is 4.80. The van der Waals surface area contributed by atoms with E-state index in [-0.39, 0.29) is 5.91 Å². The third kappa shape index (κ3) is 2.49. The maximum Gasteiger partial charge on any atom is 0.254 e. The number of carbonyl (C=O) groups excluding carboxylic acids is 1. The monoisotopic (exact) mass is 239 g/mol. The van der Waals surface area contributed by atoms with E-state index in [0.717, 1.165) is 13.1 Å². The average molecular weight is 239 g/mol. The van der Waals surface area contributed by atoms with Crippen molar-refractivity contribution in [3.05, 3.63) is 0 Å². The lowest BCUT2D eigenvalue weighted by molar-refractivity contribution is -0.153. The first kappa shape index (κ1) is 12.9. The molecule has 1 aliphatic carbocycles. The van der Waals surface area contributed by atoms with Crippen molar-refractivity contribution in [2.75, 3.05) is 20.2 Å². The molecule has 1 heterocycles. The normalized spacial score (nSPS) is 24.3. The second kappa shape index (κ2) is 4.60. The number of hydrogen-bond donors (Lipinski definition) is 0. The SMILES string of the molecule is COC(C)(C)C(=O)N1CCC2(CCCC2)CC1. The van der Waals surface area contributed by atoms with Crippen molar-refractivity contribution in [2.45, 2.75) is 58.0 Å². The molecule has 0 aromatic heterocycles. The van der Waals surface area contributed by atoms with Crippen molar-refractivity contribution in [1.29, 1.82) is 0 Å². The van der Waals surface area contributed by atoms with Gasteiger partial charge in [0.25, 0.3) is 5.91 Å². The molecule has 0 radical (unpaired) electrons. The molecule has 0 atom stereocenters. The Hall–Kier alpha value is -0.570. The molecule has 1 saturated carbocycles. The summed E-state index contributed by atoms with van der Waals surface area (Å²) in [5, 5.41) is 0. The van der Waals surface area contributed by atoms with Gasteiger partial charge in [-0.3, -0.25) is 4.79 Å². The van der Waals surface area contributed by atoms with Crippen LogP contribution < -0.4 is 0 Å². The van der Waals surface area contributed by atoms with Gasteiger partial charge in [0, 0.05) is 20.2 Å². The van der Waals surface area contributed by atoms with Crippen molar-refractivity contribution < 1.29 is 9.53 Å². The molecule has 1 amide bonds. The Kier molecular flexibility index (Phi) is 3.48. The van der Waals surface area contributed by atoms with Crippen molar-refractivity contribution in [3.63, 3.8) is 0 Å². The van der Waals surface area contributed by atoms with Crippen LogP contribution >= 0.6 is 0 Å². The summed E-state index contributed by atoms with van der Waals surface area (Å²) in [6.45, 7) is 5.56. The van der Waals surface area contributed by atoms with Crippen LogP contribution in [0.2, 0.25) is 0 Å². The van der Waals surface area contributed by atoms with Crippen LogP contribution in [-0.2, 0) is 9.53 Å². The number of likely N-dealkylation sites (tertiary alicyclic amines) is 1. The highest BCUT2D eigenvalue weighted by molar-refractivity contribution is 5.84. The molecule has 3 heteroatoms. The Morgan fingerprint density at radius 1 is 1.12 bits per heavy atom. The van der Waals surface area contributed by atoms with Gasteiger partial charge in [-0.15, -0.1) is 0 Å². The number of piperidine rings is 1. The first-order valence-corrected chi connectivity index (χ1v) is 6.84. The highest BCUT2D eigenvalue weighted by Crippen LogP contribution is 2.46. The van der Waals surface area contributed by atoms with E-state index < -0.39 is 5.60 Å². The number of hydrogen-bond acceptors (Lipinski definition) is 2. The minimum atomic E-state index is -0.666. The van der Waals surface area contributed by atoms with Crippen LogP contribution in [0.1, 0.15) is 52.4 Å². The second-order valence-corrected chi connectivity index (χ2v) is 6.21. The second-order valence-electron chi connectivity index (χ2n) is 6.21. The Morgan fingerprint density at radius 2 is 1.65 bits per heavy atom. The van der Waals surface area contributed by atoms with Gasteiger partial charge in [-0.2, -0.15) is 0 Å². The first-order chi connectivity index (χ1) is 7.99. The average Bonchev–Trinajstić information content (AvgIpc) is 2.78. The van der Waals surface area contributed by atoms with Crippen LogP contribution in [0, 0.1) is 5.41 Å². The molecule has 0 aromatic rings. The van der Waals surface area contributed by atoms with E-state index in [1.807, 2.05) is 18.7 Å². The minimum Gasteiger partial charge on any atom is -0.369 e. The van der Waals surface area contributed by atoms with Gasteiger partial charge in [-0.05, 0) is 44.9 Å². The molecule has 0 unspecified atom stereocenters. The van der Waals surface area contributed by atoms with E-state index >= 15 is 0 Å². The predicted molar refractivity (Wildman–Crippen MR) is 67.8 cm³/mol. The molecule has 3 nitrogen and oxygen atoms in total. The number of methoxy groups -OCH3 is 1. The van der Waals surface area contributed by atoms with E-state index in [0.29, 0.717) is 5.41 Å². The van der Waals surface area contributed by atoms with Crippen LogP contribution in [0.3, 0.4) is 0 Å². The van der Waals surface area contributed by atoms with Crippen LogP contribution in [0.25, 0.3) is 0 Å². The summed E-state index contributed by atoms with van der Waals surface area (Å²) in [4.78, 5) is 14.2. The van der Waals surface area contributed by atoms with Crippen LogP contribution in [0.5, 0.6) is 0 Å². The molecule has 0 bridgehead atoms. The van der Waals surface area contributed by atoms with Gasteiger partial charge < -0.3 is 9.64 Å². The number of amides is 1. The summed E-state index contributed by atoms with van der Waals surface area (Å²) in [6.07, 6.45) is 7.91. The summed E-state index contributed by atoms with van der Waals surface area (Å²) in [6, 6.07) is 0. The summed E-state index contributed by atoms with van der Waals surface area (Å²) in [5.41, 5.74) is -0.0891. The lowest BCUT2D eigenvalue weighted by Crippen LogP contribution is -2.50. The predicted octanol–water partition coefficient (Wildman–Crippen LogP) is 2.59. The number of nitrogens with zero attached hydrogens (tertiary/aromatic N) is 1. The molecule has 2 aliphatic rings. The fraction of sp³-hybridized carbons (Fsp3) is 0.929. The van der Waals surface area contributed by atoms with Crippen molar-refractivity contribution in [3.8, 4) is 0 Å². The van der Waals surface area contributed by atoms with E-state index in [1.165, 1.54) is 38.5 Å². The molecule has 2 rings (SSSR count). The summed E-state index contributed by atoms with van der Waals surface area (Å²) >= 11 is 0. The van der Waals surface area contributed by atoms with Gasteiger partial charge in [0.1, 0.15) is 5.60 Å². The fourth-order valence-corrected chi connectivity index (χ4v) is 3.28. The van der Waals surface area contributed by atoms with Gasteiger partial charge in [-0.25, -0.2) is 0 Å². The van der Waals surface area contributed by atoms with E-state index in [1.54, 1.807) is 7.11 Å². The maximum absolute atomic E-state index is 12.3. The van der Waals surface area contributed by atoms with E-state index in [2.05, 4.69) is 0 Å². The quantitative estimate of drug-likeness (QED) is 0.741. The van der Waals surface area contributed by atoms with Gasteiger partial charge >= 0.3 is 0 Å². The maximum atomic E-state index is 12.3.